The van der Waals surface area contributed by atoms with E-state index in [0.717, 1.165) is 32.5 Å². The van der Waals surface area contributed by atoms with Crippen LogP contribution in [0, 0.1) is 11.8 Å². The summed E-state index contributed by atoms with van der Waals surface area (Å²) in [5, 5.41) is 6.53. The fraction of sp³-hybridized carbons (Fsp3) is 0.579. The minimum Gasteiger partial charge on any atom is -0.450 e. The maximum Gasteiger partial charge on any atom is 0.409 e. The van der Waals surface area contributed by atoms with Crippen molar-refractivity contribution in [2.75, 3.05) is 32.8 Å². The van der Waals surface area contributed by atoms with E-state index in [9.17, 15) is 9.59 Å². The van der Waals surface area contributed by atoms with Crippen LogP contribution in [-0.4, -0.2) is 55.7 Å². The average molecular weight is 345 g/mol. The number of nitrogens with one attached hydrogen (secondary N) is 2. The zero-order valence-corrected chi connectivity index (χ0v) is 14.7. The molecule has 1 aromatic carbocycles. The van der Waals surface area contributed by atoms with Crippen molar-refractivity contribution in [2.45, 2.75) is 25.8 Å². The molecule has 136 valence electrons. The van der Waals surface area contributed by atoms with Crippen molar-refractivity contribution in [1.82, 2.24) is 15.5 Å². The number of piperidine rings is 1. The quantitative estimate of drug-likeness (QED) is 0.772. The summed E-state index contributed by atoms with van der Waals surface area (Å²) in [6.07, 6.45) is 2.11. The average Bonchev–Trinajstić information content (AvgIpc) is 2.87. The summed E-state index contributed by atoms with van der Waals surface area (Å²) in [5.41, 5.74) is 0.685. The normalized spacial score (nSPS) is 24.8. The third kappa shape index (κ3) is 4.31. The molecule has 2 aliphatic rings. The molecular weight excluding hydrogens is 318 g/mol. The van der Waals surface area contributed by atoms with Crippen molar-refractivity contribution < 1.29 is 14.3 Å². The fourth-order valence-electron chi connectivity index (χ4n) is 4.03. The number of likely N-dealkylation sites (tertiary alicyclic amines) is 1. The van der Waals surface area contributed by atoms with Crippen molar-refractivity contribution in [3.8, 4) is 0 Å². The summed E-state index contributed by atoms with van der Waals surface area (Å²) in [7, 11) is 0. The summed E-state index contributed by atoms with van der Waals surface area (Å²) in [4.78, 5) is 25.8. The number of rotatable bonds is 6. The minimum absolute atomic E-state index is 0.0393. The molecule has 3 rings (SSSR count). The smallest absolute Gasteiger partial charge is 0.409 e. The predicted octanol–water partition coefficient (Wildman–Crippen LogP) is 1.87. The summed E-state index contributed by atoms with van der Waals surface area (Å²) >= 11 is 0. The largest absolute Gasteiger partial charge is 0.450 e. The number of carbonyl (C=O) groups is 2. The number of ether oxygens (including phenoxy) is 1. The Morgan fingerprint density at radius 3 is 2.44 bits per heavy atom. The van der Waals surface area contributed by atoms with Gasteiger partial charge in [-0.15, -0.1) is 0 Å². The van der Waals surface area contributed by atoms with Crippen molar-refractivity contribution in [3.63, 3.8) is 0 Å². The van der Waals surface area contributed by atoms with Crippen molar-refractivity contribution >= 4 is 12.0 Å². The van der Waals surface area contributed by atoms with E-state index in [1.807, 2.05) is 42.2 Å². The first-order valence-electron chi connectivity index (χ1n) is 9.17. The number of carbonyl (C=O) groups excluding carboxylic acids is 2. The van der Waals surface area contributed by atoms with E-state index in [1.165, 1.54) is 0 Å². The molecule has 1 aliphatic heterocycles. The first-order valence-corrected chi connectivity index (χ1v) is 9.17. The minimum atomic E-state index is -0.187. The lowest BCUT2D eigenvalue weighted by Gasteiger charge is -2.37. The Morgan fingerprint density at radius 1 is 1.12 bits per heavy atom. The van der Waals surface area contributed by atoms with Gasteiger partial charge in [0.25, 0.3) is 5.91 Å². The molecule has 0 radical (unpaired) electrons. The molecule has 2 fully saturated rings. The molecule has 0 spiro atoms. The van der Waals surface area contributed by atoms with Crippen LogP contribution in [0.25, 0.3) is 0 Å². The third-order valence-electron chi connectivity index (χ3n) is 5.19. The maximum absolute atomic E-state index is 12.0. The molecule has 1 heterocycles. The van der Waals surface area contributed by atoms with Gasteiger partial charge in [-0.05, 0) is 43.7 Å². The Kier molecular flexibility index (Phi) is 5.91. The molecule has 1 saturated heterocycles. The molecule has 6 nitrogen and oxygen atoms in total. The summed E-state index contributed by atoms with van der Waals surface area (Å²) in [6, 6.07) is 9.68. The Balaban J connectivity index is 1.41. The van der Waals surface area contributed by atoms with E-state index < -0.39 is 0 Å². The van der Waals surface area contributed by atoms with Crippen LogP contribution in [0.3, 0.4) is 0 Å². The maximum atomic E-state index is 12.0. The predicted molar refractivity (Wildman–Crippen MR) is 95.4 cm³/mol. The second-order valence-electron chi connectivity index (χ2n) is 6.80. The molecule has 1 aromatic rings. The van der Waals surface area contributed by atoms with E-state index in [2.05, 4.69) is 10.6 Å². The number of benzene rings is 1. The number of nitrogens with zero attached hydrogens (tertiary/aromatic N) is 1. The molecule has 2 bridgehead atoms. The highest BCUT2D eigenvalue weighted by Gasteiger charge is 2.43. The van der Waals surface area contributed by atoms with Gasteiger partial charge in [0.1, 0.15) is 0 Å². The van der Waals surface area contributed by atoms with Gasteiger partial charge < -0.3 is 20.3 Å². The van der Waals surface area contributed by atoms with Gasteiger partial charge in [0.2, 0.25) is 0 Å². The van der Waals surface area contributed by atoms with Gasteiger partial charge in [-0.2, -0.15) is 0 Å². The van der Waals surface area contributed by atoms with Crippen LogP contribution in [0.4, 0.5) is 4.79 Å². The van der Waals surface area contributed by atoms with Crippen LogP contribution >= 0.6 is 0 Å². The van der Waals surface area contributed by atoms with Crippen LogP contribution in [-0.2, 0) is 4.74 Å². The zero-order valence-electron chi connectivity index (χ0n) is 14.7. The van der Waals surface area contributed by atoms with Crippen LogP contribution < -0.4 is 10.6 Å². The van der Waals surface area contributed by atoms with E-state index in [0.29, 0.717) is 36.6 Å². The van der Waals surface area contributed by atoms with E-state index in [4.69, 9.17) is 4.74 Å². The summed E-state index contributed by atoms with van der Waals surface area (Å²) in [6.45, 7) is 5.14. The van der Waals surface area contributed by atoms with Crippen LogP contribution in [0.15, 0.2) is 30.3 Å². The first kappa shape index (κ1) is 17.7. The monoisotopic (exact) mass is 345 g/mol. The highest BCUT2D eigenvalue weighted by atomic mass is 16.6. The summed E-state index contributed by atoms with van der Waals surface area (Å²) in [5.74, 6) is 0.920. The molecule has 2 N–H and O–H groups in total. The Hall–Kier alpha value is -2.08. The van der Waals surface area contributed by atoms with Gasteiger partial charge in [-0.3, -0.25) is 4.79 Å². The van der Waals surface area contributed by atoms with Crippen molar-refractivity contribution in [1.29, 1.82) is 0 Å². The SMILES string of the molecule is CCOC(=O)N1C[C@@H]2CC[C@@H](C1)C2NCCNC(=O)c1ccccc1. The lowest BCUT2D eigenvalue weighted by Crippen LogP contribution is -2.53. The van der Waals surface area contributed by atoms with Gasteiger partial charge in [0.15, 0.2) is 0 Å². The van der Waals surface area contributed by atoms with Gasteiger partial charge >= 0.3 is 6.09 Å². The Morgan fingerprint density at radius 2 is 1.80 bits per heavy atom. The second-order valence-corrected chi connectivity index (χ2v) is 6.80. The Bertz CT molecular complexity index is 579. The van der Waals surface area contributed by atoms with Gasteiger partial charge in [0.05, 0.1) is 6.61 Å². The molecule has 2 atom stereocenters. The molecule has 2 amide bonds. The van der Waals surface area contributed by atoms with E-state index in [1.54, 1.807) is 0 Å². The topological polar surface area (TPSA) is 70.7 Å². The molecule has 6 heteroatoms. The second kappa shape index (κ2) is 8.34. The molecule has 1 aliphatic carbocycles. The van der Waals surface area contributed by atoms with Crippen molar-refractivity contribution in [2.24, 2.45) is 11.8 Å². The van der Waals surface area contributed by atoms with Gasteiger partial charge in [-0.25, -0.2) is 4.79 Å². The lowest BCUT2D eigenvalue weighted by atomic mass is 9.92. The van der Waals surface area contributed by atoms with Crippen LogP contribution in [0.1, 0.15) is 30.1 Å². The van der Waals surface area contributed by atoms with Crippen molar-refractivity contribution in [3.05, 3.63) is 35.9 Å². The standard InChI is InChI=1S/C19H27N3O3/c1-2-25-19(24)22-12-15-8-9-16(13-22)17(15)20-10-11-21-18(23)14-6-4-3-5-7-14/h3-7,15-17,20H,2,8-13H2,1H3,(H,21,23)/t15-,16-/m0/s1. The molecular formula is C19H27N3O3. The molecule has 0 unspecified atom stereocenters. The highest BCUT2D eigenvalue weighted by molar-refractivity contribution is 5.94. The van der Waals surface area contributed by atoms with E-state index >= 15 is 0 Å². The zero-order chi connectivity index (χ0) is 17.6. The fourth-order valence-corrected chi connectivity index (χ4v) is 4.03. The lowest BCUT2D eigenvalue weighted by molar-refractivity contribution is 0.0752. The highest BCUT2D eigenvalue weighted by Crippen LogP contribution is 2.37. The molecule has 25 heavy (non-hydrogen) atoms. The third-order valence-corrected chi connectivity index (χ3v) is 5.19. The number of fused-ring (bicyclic) bond motifs is 2. The number of hydrogen-bond donors (Lipinski definition) is 2. The van der Waals surface area contributed by atoms with Gasteiger partial charge in [-0.1, -0.05) is 18.2 Å². The van der Waals surface area contributed by atoms with Gasteiger partial charge in [0, 0.05) is 37.8 Å². The number of amides is 2. The molecule has 1 saturated carbocycles. The van der Waals surface area contributed by atoms with E-state index in [-0.39, 0.29) is 12.0 Å². The Labute approximate surface area is 148 Å². The van der Waals surface area contributed by atoms with Crippen LogP contribution in [0.2, 0.25) is 0 Å². The number of hydrogen-bond acceptors (Lipinski definition) is 4. The molecule has 0 aromatic heterocycles. The summed E-state index contributed by atoms with van der Waals surface area (Å²) < 4.78 is 5.13. The van der Waals surface area contributed by atoms with Crippen LogP contribution in [0.5, 0.6) is 0 Å². The first-order chi connectivity index (χ1) is 12.2.